The summed E-state index contributed by atoms with van der Waals surface area (Å²) < 4.78 is 10.8. The van der Waals surface area contributed by atoms with Gasteiger partial charge in [-0.1, -0.05) is 30.3 Å². The van der Waals surface area contributed by atoms with Crippen LogP contribution in [-0.2, 0) is 6.54 Å². The highest BCUT2D eigenvalue weighted by atomic mass is 16.5. The van der Waals surface area contributed by atoms with Crippen molar-refractivity contribution >= 4 is 28.4 Å². The minimum absolute atomic E-state index is 0.621. The number of methoxy groups -OCH3 is 2. The molecule has 0 unspecified atom stereocenters. The summed E-state index contributed by atoms with van der Waals surface area (Å²) in [5.41, 5.74) is 3.23. The molecule has 174 valence electrons. The third-order valence-electron chi connectivity index (χ3n) is 6.23. The van der Waals surface area contributed by atoms with Gasteiger partial charge < -0.3 is 24.6 Å². The standard InChI is InChI=1S/C27H29N5O2/c1-33-22-13-11-21(12-14-22)31-15-17-32(18-16-31)27-29-24-9-5-4-8-23(24)26(30-27)28-19-20-7-3-6-10-25(20)34-2/h3-14H,15-19H2,1-2H3,(H,28,29,30). The Morgan fingerprint density at radius 2 is 1.47 bits per heavy atom. The Morgan fingerprint density at radius 1 is 0.765 bits per heavy atom. The topological polar surface area (TPSA) is 62.8 Å². The van der Waals surface area contributed by atoms with Crippen LogP contribution in [0.4, 0.5) is 17.5 Å². The number of rotatable bonds is 7. The molecule has 0 aliphatic carbocycles. The highest BCUT2D eigenvalue weighted by Gasteiger charge is 2.21. The maximum absolute atomic E-state index is 5.51. The fourth-order valence-corrected chi connectivity index (χ4v) is 4.33. The quantitative estimate of drug-likeness (QED) is 0.437. The van der Waals surface area contributed by atoms with Gasteiger partial charge in [-0.05, 0) is 42.5 Å². The zero-order valence-electron chi connectivity index (χ0n) is 19.6. The largest absolute Gasteiger partial charge is 0.497 e. The summed E-state index contributed by atoms with van der Waals surface area (Å²) in [6.07, 6.45) is 0. The van der Waals surface area contributed by atoms with Crippen molar-refractivity contribution in [3.63, 3.8) is 0 Å². The Balaban J connectivity index is 1.34. The number of ether oxygens (including phenoxy) is 2. The lowest BCUT2D eigenvalue weighted by atomic mass is 10.2. The first-order valence-corrected chi connectivity index (χ1v) is 11.5. The summed E-state index contributed by atoms with van der Waals surface area (Å²) >= 11 is 0. The molecule has 7 heteroatoms. The van der Waals surface area contributed by atoms with Crippen LogP contribution in [0, 0.1) is 0 Å². The second-order valence-corrected chi connectivity index (χ2v) is 8.23. The summed E-state index contributed by atoms with van der Waals surface area (Å²) in [7, 11) is 3.39. The van der Waals surface area contributed by atoms with Gasteiger partial charge in [0.15, 0.2) is 0 Å². The molecule has 1 N–H and O–H groups in total. The third kappa shape index (κ3) is 4.55. The molecule has 1 aliphatic heterocycles. The molecule has 0 amide bonds. The Hall–Kier alpha value is -4.00. The van der Waals surface area contributed by atoms with Gasteiger partial charge in [0.1, 0.15) is 17.3 Å². The number of fused-ring (bicyclic) bond motifs is 1. The smallest absolute Gasteiger partial charge is 0.228 e. The number of nitrogens with one attached hydrogen (secondary N) is 1. The van der Waals surface area contributed by atoms with Gasteiger partial charge in [0.25, 0.3) is 0 Å². The maximum Gasteiger partial charge on any atom is 0.228 e. The Bertz CT molecular complexity index is 1250. The van der Waals surface area contributed by atoms with Gasteiger partial charge in [0, 0.05) is 49.4 Å². The summed E-state index contributed by atoms with van der Waals surface area (Å²) in [5.74, 6) is 3.34. The number of anilines is 3. The van der Waals surface area contributed by atoms with Crippen LogP contribution in [-0.4, -0.2) is 50.4 Å². The first-order valence-electron chi connectivity index (χ1n) is 11.5. The van der Waals surface area contributed by atoms with Crippen LogP contribution in [0.15, 0.2) is 72.8 Å². The monoisotopic (exact) mass is 455 g/mol. The van der Waals surface area contributed by atoms with E-state index in [2.05, 4.69) is 39.4 Å². The minimum atomic E-state index is 0.621. The van der Waals surface area contributed by atoms with Crippen molar-refractivity contribution in [3.05, 3.63) is 78.4 Å². The van der Waals surface area contributed by atoms with E-state index in [1.54, 1.807) is 14.2 Å². The van der Waals surface area contributed by atoms with Crippen LogP contribution in [0.1, 0.15) is 5.56 Å². The van der Waals surface area contributed by atoms with Crippen LogP contribution in [0.2, 0.25) is 0 Å². The van der Waals surface area contributed by atoms with E-state index in [1.165, 1.54) is 5.69 Å². The van der Waals surface area contributed by atoms with Crippen molar-refractivity contribution in [2.24, 2.45) is 0 Å². The fourth-order valence-electron chi connectivity index (χ4n) is 4.33. The molecule has 1 aliphatic rings. The van der Waals surface area contributed by atoms with E-state index >= 15 is 0 Å². The molecule has 1 aromatic heterocycles. The molecule has 1 fully saturated rings. The minimum Gasteiger partial charge on any atom is -0.497 e. The lowest BCUT2D eigenvalue weighted by Gasteiger charge is -2.36. The molecule has 3 aromatic carbocycles. The molecule has 34 heavy (non-hydrogen) atoms. The Labute approximate surface area is 200 Å². The van der Waals surface area contributed by atoms with E-state index in [0.717, 1.165) is 65.9 Å². The van der Waals surface area contributed by atoms with Crippen LogP contribution in [0.3, 0.4) is 0 Å². The van der Waals surface area contributed by atoms with E-state index in [1.807, 2.05) is 48.5 Å². The molecule has 0 saturated carbocycles. The number of nitrogens with zero attached hydrogens (tertiary/aromatic N) is 4. The van der Waals surface area contributed by atoms with Crippen molar-refractivity contribution < 1.29 is 9.47 Å². The van der Waals surface area contributed by atoms with Crippen LogP contribution in [0.25, 0.3) is 10.9 Å². The van der Waals surface area contributed by atoms with Gasteiger partial charge >= 0.3 is 0 Å². The number of para-hydroxylation sites is 2. The van der Waals surface area contributed by atoms with Gasteiger partial charge in [0.2, 0.25) is 5.95 Å². The lowest BCUT2D eigenvalue weighted by molar-refractivity contribution is 0.410. The second-order valence-electron chi connectivity index (χ2n) is 8.23. The number of hydrogen-bond acceptors (Lipinski definition) is 7. The molecule has 0 spiro atoms. The summed E-state index contributed by atoms with van der Waals surface area (Å²) in [4.78, 5) is 14.5. The molecule has 0 bridgehead atoms. The van der Waals surface area contributed by atoms with Crippen LogP contribution in [0.5, 0.6) is 11.5 Å². The normalized spacial score (nSPS) is 13.7. The second kappa shape index (κ2) is 9.87. The molecule has 4 aromatic rings. The van der Waals surface area contributed by atoms with E-state index < -0.39 is 0 Å². The first-order chi connectivity index (χ1) is 16.7. The van der Waals surface area contributed by atoms with Crippen molar-refractivity contribution in [2.75, 3.05) is 55.5 Å². The number of hydrogen-bond donors (Lipinski definition) is 1. The fraction of sp³-hybridized carbons (Fsp3) is 0.259. The summed E-state index contributed by atoms with van der Waals surface area (Å²) in [6.45, 7) is 4.15. The van der Waals surface area contributed by atoms with Crippen molar-refractivity contribution in [3.8, 4) is 11.5 Å². The molecular weight excluding hydrogens is 426 g/mol. The van der Waals surface area contributed by atoms with Gasteiger partial charge in [-0.15, -0.1) is 0 Å². The lowest BCUT2D eigenvalue weighted by Crippen LogP contribution is -2.47. The molecule has 2 heterocycles. The molecule has 5 rings (SSSR count). The van der Waals surface area contributed by atoms with Crippen molar-refractivity contribution in [1.82, 2.24) is 9.97 Å². The number of aromatic nitrogens is 2. The van der Waals surface area contributed by atoms with Crippen molar-refractivity contribution in [2.45, 2.75) is 6.54 Å². The van der Waals surface area contributed by atoms with E-state index in [-0.39, 0.29) is 0 Å². The molecule has 1 saturated heterocycles. The van der Waals surface area contributed by atoms with Gasteiger partial charge in [-0.2, -0.15) is 4.98 Å². The summed E-state index contributed by atoms with van der Waals surface area (Å²) in [6, 6.07) is 24.4. The van der Waals surface area contributed by atoms with E-state index in [9.17, 15) is 0 Å². The highest BCUT2D eigenvalue weighted by Crippen LogP contribution is 2.27. The average Bonchev–Trinajstić information content (AvgIpc) is 2.92. The van der Waals surface area contributed by atoms with E-state index in [0.29, 0.717) is 6.54 Å². The van der Waals surface area contributed by atoms with Crippen LogP contribution < -0.4 is 24.6 Å². The maximum atomic E-state index is 5.51. The zero-order chi connectivity index (χ0) is 23.3. The Morgan fingerprint density at radius 3 is 2.24 bits per heavy atom. The Kier molecular flexibility index (Phi) is 6.33. The number of benzene rings is 3. The van der Waals surface area contributed by atoms with Crippen LogP contribution >= 0.6 is 0 Å². The van der Waals surface area contributed by atoms with Gasteiger partial charge in [0.05, 0.1) is 19.7 Å². The molecular formula is C27H29N5O2. The summed E-state index contributed by atoms with van der Waals surface area (Å²) in [5, 5.41) is 4.54. The third-order valence-corrected chi connectivity index (χ3v) is 6.23. The molecule has 0 atom stereocenters. The van der Waals surface area contributed by atoms with Gasteiger partial charge in [-0.25, -0.2) is 4.98 Å². The molecule has 0 radical (unpaired) electrons. The number of piperazine rings is 1. The van der Waals surface area contributed by atoms with Gasteiger partial charge in [-0.3, -0.25) is 0 Å². The van der Waals surface area contributed by atoms with E-state index in [4.69, 9.17) is 19.4 Å². The average molecular weight is 456 g/mol. The first kappa shape index (κ1) is 21.8. The molecule has 7 nitrogen and oxygen atoms in total. The predicted molar refractivity (Wildman–Crippen MR) is 137 cm³/mol. The highest BCUT2D eigenvalue weighted by molar-refractivity contribution is 5.90. The zero-order valence-corrected chi connectivity index (χ0v) is 19.6. The van der Waals surface area contributed by atoms with Crippen molar-refractivity contribution in [1.29, 1.82) is 0 Å². The predicted octanol–water partition coefficient (Wildman–Crippen LogP) is 4.59. The SMILES string of the molecule is COc1ccc(N2CCN(c3nc(NCc4ccccc4OC)c4ccccc4n3)CC2)cc1.